The molecular formula is C13H22O3S2. The van der Waals surface area contributed by atoms with Gasteiger partial charge in [0.2, 0.25) is 0 Å². The fourth-order valence-electron chi connectivity index (χ4n) is 1.73. The standard InChI is InChI=1S/C13H22O3S2/c1-4-5-6-13(14)7-10(17)15-8-12(2,3)9-16-11(13)18/h14H,4-9H2,1-3H3. The molecular weight excluding hydrogens is 268 g/mol. The molecule has 1 unspecified atom stereocenters. The van der Waals surface area contributed by atoms with E-state index in [0.29, 0.717) is 24.7 Å². The summed E-state index contributed by atoms with van der Waals surface area (Å²) in [4.78, 5) is 0. The number of aliphatic hydroxyl groups is 1. The average molecular weight is 290 g/mol. The van der Waals surface area contributed by atoms with E-state index in [1.165, 1.54) is 0 Å². The van der Waals surface area contributed by atoms with Crippen molar-refractivity contribution in [1.82, 2.24) is 0 Å². The summed E-state index contributed by atoms with van der Waals surface area (Å²) in [5.74, 6) is 0. The third-order valence-electron chi connectivity index (χ3n) is 2.98. The molecule has 0 saturated carbocycles. The maximum atomic E-state index is 10.6. The van der Waals surface area contributed by atoms with Crippen LogP contribution < -0.4 is 0 Å². The van der Waals surface area contributed by atoms with E-state index < -0.39 is 5.60 Å². The summed E-state index contributed by atoms with van der Waals surface area (Å²) < 4.78 is 11.1. The Morgan fingerprint density at radius 3 is 2.44 bits per heavy atom. The third-order valence-corrected chi connectivity index (χ3v) is 3.74. The van der Waals surface area contributed by atoms with Crippen LogP contribution in [0.15, 0.2) is 0 Å². The molecule has 0 bridgehead atoms. The predicted octanol–water partition coefficient (Wildman–Crippen LogP) is 3.03. The number of ether oxygens (including phenoxy) is 2. The van der Waals surface area contributed by atoms with E-state index in [2.05, 4.69) is 6.92 Å². The van der Waals surface area contributed by atoms with Crippen molar-refractivity contribution in [1.29, 1.82) is 0 Å². The number of rotatable bonds is 3. The summed E-state index contributed by atoms with van der Waals surface area (Å²) in [6.07, 6.45) is 2.68. The third kappa shape index (κ3) is 4.44. The molecule has 0 spiro atoms. The van der Waals surface area contributed by atoms with Crippen LogP contribution in [0.5, 0.6) is 0 Å². The topological polar surface area (TPSA) is 38.7 Å². The molecule has 1 fully saturated rings. The largest absolute Gasteiger partial charge is 0.486 e. The van der Waals surface area contributed by atoms with Crippen molar-refractivity contribution in [2.45, 2.75) is 52.1 Å². The van der Waals surface area contributed by atoms with Gasteiger partial charge in [-0.2, -0.15) is 0 Å². The Kier molecular flexibility index (Phi) is 5.49. The quantitative estimate of drug-likeness (QED) is 0.809. The molecule has 1 heterocycles. The van der Waals surface area contributed by atoms with Gasteiger partial charge in [0.1, 0.15) is 5.60 Å². The lowest BCUT2D eigenvalue weighted by Crippen LogP contribution is -2.41. The lowest BCUT2D eigenvalue weighted by molar-refractivity contribution is 0.0677. The van der Waals surface area contributed by atoms with Crippen molar-refractivity contribution < 1.29 is 14.6 Å². The SMILES string of the molecule is CCCCC1(O)CC(=S)OCC(C)(C)COC1=S. The van der Waals surface area contributed by atoms with Crippen LogP contribution in [-0.2, 0) is 9.47 Å². The molecule has 104 valence electrons. The molecule has 0 radical (unpaired) electrons. The van der Waals surface area contributed by atoms with Crippen LogP contribution in [0.2, 0.25) is 0 Å². The highest BCUT2D eigenvalue weighted by Gasteiger charge is 2.38. The van der Waals surface area contributed by atoms with Gasteiger partial charge in [0.15, 0.2) is 10.1 Å². The summed E-state index contributed by atoms with van der Waals surface area (Å²) >= 11 is 10.4. The van der Waals surface area contributed by atoms with E-state index in [0.717, 1.165) is 12.8 Å². The van der Waals surface area contributed by atoms with E-state index in [1.54, 1.807) is 0 Å². The average Bonchev–Trinajstić information content (AvgIpc) is 2.33. The highest BCUT2D eigenvalue weighted by Crippen LogP contribution is 2.27. The fraction of sp³-hybridized carbons (Fsp3) is 0.846. The molecule has 5 heteroatoms. The minimum Gasteiger partial charge on any atom is -0.486 e. The maximum absolute atomic E-state index is 10.6. The molecule has 0 aromatic carbocycles. The van der Waals surface area contributed by atoms with Gasteiger partial charge >= 0.3 is 0 Å². The zero-order valence-corrected chi connectivity index (χ0v) is 13.0. The van der Waals surface area contributed by atoms with Gasteiger partial charge in [0, 0.05) is 5.41 Å². The normalized spacial score (nSPS) is 28.7. The predicted molar refractivity (Wildman–Crippen MR) is 80.0 cm³/mol. The summed E-state index contributed by atoms with van der Waals surface area (Å²) in [5.41, 5.74) is -1.33. The van der Waals surface area contributed by atoms with Gasteiger partial charge in [-0.3, -0.25) is 0 Å². The first-order valence-electron chi connectivity index (χ1n) is 6.34. The van der Waals surface area contributed by atoms with E-state index >= 15 is 0 Å². The van der Waals surface area contributed by atoms with Crippen molar-refractivity contribution >= 4 is 34.5 Å². The zero-order chi connectivity index (χ0) is 13.8. The van der Waals surface area contributed by atoms with Gasteiger partial charge in [-0.1, -0.05) is 33.6 Å². The molecule has 1 N–H and O–H groups in total. The Morgan fingerprint density at radius 2 is 1.83 bits per heavy atom. The lowest BCUT2D eigenvalue weighted by atomic mass is 9.94. The van der Waals surface area contributed by atoms with E-state index in [-0.39, 0.29) is 16.9 Å². The summed E-state index contributed by atoms with van der Waals surface area (Å²) in [5, 5.41) is 11.3. The van der Waals surface area contributed by atoms with Gasteiger partial charge in [0.25, 0.3) is 0 Å². The first kappa shape index (κ1) is 15.8. The number of hydrogen-bond donors (Lipinski definition) is 1. The van der Waals surface area contributed by atoms with Gasteiger partial charge in [-0.05, 0) is 30.9 Å². The van der Waals surface area contributed by atoms with Crippen molar-refractivity contribution in [2.24, 2.45) is 5.41 Å². The highest BCUT2D eigenvalue weighted by molar-refractivity contribution is 7.80. The van der Waals surface area contributed by atoms with Crippen molar-refractivity contribution in [3.05, 3.63) is 0 Å². The molecule has 0 amide bonds. The van der Waals surface area contributed by atoms with Crippen LogP contribution in [0.25, 0.3) is 0 Å². The van der Waals surface area contributed by atoms with Gasteiger partial charge in [0.05, 0.1) is 19.6 Å². The molecule has 0 aromatic rings. The molecule has 0 aromatic heterocycles. The van der Waals surface area contributed by atoms with Crippen molar-refractivity contribution in [3.8, 4) is 0 Å². The minimum atomic E-state index is -1.16. The first-order valence-corrected chi connectivity index (χ1v) is 7.16. The maximum Gasteiger partial charge on any atom is 0.192 e. The lowest BCUT2D eigenvalue weighted by Gasteiger charge is -2.28. The van der Waals surface area contributed by atoms with Crippen LogP contribution in [-0.4, -0.2) is 34.0 Å². The summed E-state index contributed by atoms with van der Waals surface area (Å²) in [7, 11) is 0. The number of unbranched alkanes of at least 4 members (excludes halogenated alkanes) is 1. The van der Waals surface area contributed by atoms with Gasteiger partial charge in [-0.15, -0.1) is 0 Å². The number of thiocarbonyl (C=S) groups is 2. The molecule has 1 aliphatic heterocycles. The Morgan fingerprint density at radius 1 is 1.22 bits per heavy atom. The smallest absolute Gasteiger partial charge is 0.192 e. The second-order valence-corrected chi connectivity index (χ2v) is 6.54. The van der Waals surface area contributed by atoms with E-state index in [9.17, 15) is 5.11 Å². The van der Waals surface area contributed by atoms with Gasteiger partial charge in [-0.25, -0.2) is 0 Å². The summed E-state index contributed by atoms with van der Waals surface area (Å²) in [6.45, 7) is 7.03. The van der Waals surface area contributed by atoms with Crippen LogP contribution in [0.1, 0.15) is 46.5 Å². The summed E-state index contributed by atoms with van der Waals surface area (Å²) in [6, 6.07) is 0. The molecule has 1 rings (SSSR count). The zero-order valence-electron chi connectivity index (χ0n) is 11.3. The molecule has 3 nitrogen and oxygen atoms in total. The first-order chi connectivity index (χ1) is 8.29. The molecule has 1 saturated heterocycles. The van der Waals surface area contributed by atoms with Crippen LogP contribution in [0.4, 0.5) is 0 Å². The highest BCUT2D eigenvalue weighted by atomic mass is 32.1. The fourth-order valence-corrected chi connectivity index (χ4v) is 2.27. The van der Waals surface area contributed by atoms with Crippen molar-refractivity contribution in [2.75, 3.05) is 13.2 Å². The molecule has 1 atom stereocenters. The Hall–Kier alpha value is -0.260. The molecule has 0 aliphatic carbocycles. The second kappa shape index (κ2) is 6.26. The van der Waals surface area contributed by atoms with Crippen LogP contribution in [0, 0.1) is 5.41 Å². The Balaban J connectivity index is 2.84. The minimum absolute atomic E-state index is 0.163. The van der Waals surface area contributed by atoms with Gasteiger partial charge < -0.3 is 14.6 Å². The van der Waals surface area contributed by atoms with E-state index in [1.807, 2.05) is 13.8 Å². The monoisotopic (exact) mass is 290 g/mol. The Labute approximate surface area is 120 Å². The van der Waals surface area contributed by atoms with E-state index in [4.69, 9.17) is 33.9 Å². The van der Waals surface area contributed by atoms with Crippen LogP contribution in [0.3, 0.4) is 0 Å². The molecule has 18 heavy (non-hydrogen) atoms. The Bertz CT molecular complexity index is 328. The number of hydrogen-bond acceptors (Lipinski definition) is 5. The molecule has 1 aliphatic rings. The van der Waals surface area contributed by atoms with Crippen molar-refractivity contribution in [3.63, 3.8) is 0 Å². The van der Waals surface area contributed by atoms with Crippen LogP contribution >= 0.6 is 24.4 Å². The second-order valence-electron chi connectivity index (χ2n) is 5.71.